The highest BCUT2D eigenvalue weighted by Crippen LogP contribution is 2.62. The first-order chi connectivity index (χ1) is 23.3. The number of aromatic hydroxyl groups is 1. The van der Waals surface area contributed by atoms with E-state index in [2.05, 4.69) is 0 Å². The topological polar surface area (TPSA) is 134 Å². The number of fused-ring (bicyclic) bond motifs is 5. The minimum absolute atomic E-state index is 0.0386. The molecular formula is C34H30ClIN6O6S. The first-order valence-electron chi connectivity index (χ1n) is 15.5. The largest absolute Gasteiger partial charge is 0.504 e. The minimum atomic E-state index is -1.29. The van der Waals surface area contributed by atoms with Crippen molar-refractivity contribution in [2.24, 2.45) is 25.4 Å². The van der Waals surface area contributed by atoms with E-state index in [0.717, 1.165) is 30.7 Å². The van der Waals surface area contributed by atoms with E-state index < -0.39 is 46.5 Å². The molecule has 15 heteroatoms. The number of phenols is 1. The summed E-state index contributed by atoms with van der Waals surface area (Å²) in [6, 6.07) is 10.3. The molecule has 5 aromatic rings. The van der Waals surface area contributed by atoms with Crippen LogP contribution in [-0.4, -0.2) is 47.7 Å². The Kier molecular flexibility index (Phi) is 7.15. The molecule has 4 atom stereocenters. The number of aryl methyl sites for hydroxylation is 2. The summed E-state index contributed by atoms with van der Waals surface area (Å²) in [5.41, 5.74) is 0.781. The molecule has 0 radical (unpaired) electrons. The van der Waals surface area contributed by atoms with Crippen molar-refractivity contribution < 1.29 is 19.4 Å². The van der Waals surface area contributed by atoms with Crippen molar-refractivity contribution in [3.63, 3.8) is 0 Å². The highest BCUT2D eigenvalue weighted by molar-refractivity contribution is 14.1. The van der Waals surface area contributed by atoms with Crippen LogP contribution in [0.3, 0.4) is 0 Å². The van der Waals surface area contributed by atoms with Crippen LogP contribution < -0.4 is 21.0 Å². The number of nitrogens with zero attached hydrogens (tertiary/aromatic N) is 6. The van der Waals surface area contributed by atoms with Crippen LogP contribution >= 0.6 is 45.5 Å². The second kappa shape index (κ2) is 10.9. The van der Waals surface area contributed by atoms with Gasteiger partial charge in [-0.25, -0.2) is 28.4 Å². The van der Waals surface area contributed by atoms with Gasteiger partial charge in [-0.3, -0.25) is 14.3 Å². The van der Waals surface area contributed by atoms with Gasteiger partial charge in [-0.2, -0.15) is 5.10 Å². The molecule has 2 aromatic carbocycles. The quantitative estimate of drug-likeness (QED) is 0.152. The maximum atomic E-state index is 15.0. The number of methoxy groups -OCH3 is 1. The summed E-state index contributed by atoms with van der Waals surface area (Å²) >= 11 is 9.86. The van der Waals surface area contributed by atoms with Gasteiger partial charge in [0, 0.05) is 35.8 Å². The zero-order valence-corrected chi connectivity index (χ0v) is 30.8. The fourth-order valence-corrected chi connectivity index (χ4v) is 10.1. The van der Waals surface area contributed by atoms with Crippen LogP contribution in [0.2, 0.25) is 5.02 Å². The zero-order chi connectivity index (χ0) is 34.8. The number of ether oxygens (including phenoxy) is 1. The van der Waals surface area contributed by atoms with Crippen molar-refractivity contribution in [1.82, 2.24) is 23.7 Å². The number of carbonyl (C=O) groups is 2. The molecule has 252 valence electrons. The smallest absolute Gasteiger partial charge is 0.347 e. The van der Waals surface area contributed by atoms with Gasteiger partial charge < -0.3 is 9.84 Å². The number of aromatic nitrogens is 5. The molecule has 2 fully saturated rings. The SMILES string of the molecule is COc1cc([C@H]2C3=CCn4c(=O)n(C)c(=O)n4[C@@H]3C[C@H]3C(=O)N(c4cc(-c5sc6ccc(Cl)cc6c5C)nn4C)C(=O)[C@@]23C)cc(I)c1O. The number of rotatable bonds is 4. The fourth-order valence-electron chi connectivity index (χ4n) is 8.12. The van der Waals surface area contributed by atoms with Gasteiger partial charge in [0.15, 0.2) is 11.5 Å². The van der Waals surface area contributed by atoms with E-state index in [1.165, 1.54) is 28.4 Å². The number of halogens is 2. The predicted molar refractivity (Wildman–Crippen MR) is 194 cm³/mol. The van der Waals surface area contributed by atoms with Crippen LogP contribution in [0, 0.1) is 21.8 Å². The number of imide groups is 1. The molecule has 0 bridgehead atoms. The van der Waals surface area contributed by atoms with Gasteiger partial charge in [-0.15, -0.1) is 11.3 Å². The molecule has 12 nitrogen and oxygen atoms in total. The van der Waals surface area contributed by atoms with E-state index in [0.29, 0.717) is 25.7 Å². The van der Waals surface area contributed by atoms with E-state index in [1.807, 2.05) is 53.8 Å². The summed E-state index contributed by atoms with van der Waals surface area (Å²) in [6.07, 6.45) is 2.03. The third-order valence-electron chi connectivity index (χ3n) is 10.5. The number of benzene rings is 2. The first-order valence-corrected chi connectivity index (χ1v) is 17.8. The Bertz CT molecular complexity index is 2450. The minimum Gasteiger partial charge on any atom is -0.504 e. The van der Waals surface area contributed by atoms with Crippen molar-refractivity contribution in [3.05, 3.63) is 88.7 Å². The van der Waals surface area contributed by atoms with Crippen molar-refractivity contribution in [2.75, 3.05) is 12.0 Å². The van der Waals surface area contributed by atoms with E-state index in [1.54, 1.807) is 48.2 Å². The standard InChI is InChI=1S/C34H30ClIN6O6S/c1-15-19-12-17(35)6-7-25(19)49-29(15)22-14-26(39(4)37-22)41-30(44)20-13-23-18(8-9-40-32(46)38(3)33(47)42(23)40)27(34(20,2)31(41)45)16-10-21(36)28(43)24(11-16)48-5/h6-8,10-12,14,20,23,27,43H,9,13H2,1-5H3/t20-,23+,27-,34+/m0/s1. The monoisotopic (exact) mass is 812 g/mol. The number of thiophene rings is 1. The third kappa shape index (κ3) is 4.29. The molecule has 3 aromatic heterocycles. The average molecular weight is 813 g/mol. The Morgan fingerprint density at radius 2 is 1.86 bits per heavy atom. The predicted octanol–water partition coefficient (Wildman–Crippen LogP) is 5.11. The number of allylic oxidation sites excluding steroid dienone is 2. The molecule has 1 aliphatic carbocycles. The lowest BCUT2D eigenvalue weighted by Gasteiger charge is -2.47. The van der Waals surface area contributed by atoms with E-state index in [9.17, 15) is 24.3 Å². The van der Waals surface area contributed by atoms with Crippen LogP contribution in [0.15, 0.2) is 57.6 Å². The molecular weight excluding hydrogens is 783 g/mol. The Labute approximate surface area is 301 Å². The summed E-state index contributed by atoms with van der Waals surface area (Å²) < 4.78 is 12.5. The lowest BCUT2D eigenvalue weighted by atomic mass is 9.56. The van der Waals surface area contributed by atoms with Crippen molar-refractivity contribution in [1.29, 1.82) is 0 Å². The molecule has 5 heterocycles. The maximum absolute atomic E-state index is 15.0. The number of amides is 2. The van der Waals surface area contributed by atoms with Gasteiger partial charge in [0.25, 0.3) is 0 Å². The summed E-state index contributed by atoms with van der Waals surface area (Å²) in [7, 11) is 4.58. The van der Waals surface area contributed by atoms with E-state index in [-0.39, 0.29) is 24.5 Å². The van der Waals surface area contributed by atoms with Crippen molar-refractivity contribution in [3.8, 4) is 22.1 Å². The van der Waals surface area contributed by atoms with Crippen LogP contribution in [0.4, 0.5) is 5.82 Å². The normalized spacial score (nSPS) is 23.1. The van der Waals surface area contributed by atoms with Gasteiger partial charge in [-0.05, 0) is 95.3 Å². The van der Waals surface area contributed by atoms with Crippen LogP contribution in [0.25, 0.3) is 20.7 Å². The Morgan fingerprint density at radius 3 is 2.59 bits per heavy atom. The number of carbonyl (C=O) groups excluding carboxylic acids is 2. The highest BCUT2D eigenvalue weighted by Gasteiger charge is 2.66. The summed E-state index contributed by atoms with van der Waals surface area (Å²) in [5, 5.41) is 17.1. The molecule has 2 aliphatic heterocycles. The number of hydrogen-bond donors (Lipinski definition) is 1. The number of anilines is 1. The molecule has 1 saturated carbocycles. The molecule has 3 aliphatic rings. The van der Waals surface area contributed by atoms with Gasteiger partial charge in [0.2, 0.25) is 11.8 Å². The van der Waals surface area contributed by atoms with Gasteiger partial charge in [0.05, 0.1) is 39.5 Å². The fraction of sp³-hybridized carbons (Fsp3) is 0.324. The summed E-state index contributed by atoms with van der Waals surface area (Å²) in [5.74, 6) is -1.84. The Balaban J connectivity index is 1.30. The Hall–Kier alpha value is -4.15. The van der Waals surface area contributed by atoms with Gasteiger partial charge in [0.1, 0.15) is 11.5 Å². The maximum Gasteiger partial charge on any atom is 0.347 e. The van der Waals surface area contributed by atoms with Gasteiger partial charge >= 0.3 is 11.4 Å². The van der Waals surface area contributed by atoms with Crippen LogP contribution in [0.1, 0.15) is 36.4 Å². The molecule has 0 unspecified atom stereocenters. The average Bonchev–Trinajstić information content (AvgIpc) is 3.73. The summed E-state index contributed by atoms with van der Waals surface area (Å²) in [4.78, 5) is 58.3. The summed E-state index contributed by atoms with van der Waals surface area (Å²) in [6.45, 7) is 3.93. The van der Waals surface area contributed by atoms with Crippen LogP contribution in [0.5, 0.6) is 11.5 Å². The Morgan fingerprint density at radius 1 is 1.10 bits per heavy atom. The highest BCUT2D eigenvalue weighted by atomic mass is 127. The lowest BCUT2D eigenvalue weighted by molar-refractivity contribution is -0.129. The van der Waals surface area contributed by atoms with Crippen molar-refractivity contribution >= 4 is 73.2 Å². The molecule has 2 amide bonds. The number of hydrogen-bond acceptors (Lipinski definition) is 8. The molecule has 0 spiro atoms. The van der Waals surface area contributed by atoms with Crippen molar-refractivity contribution in [2.45, 2.75) is 38.8 Å². The number of phenolic OH excluding ortho intramolecular Hbond substituents is 1. The second-order valence-corrected chi connectivity index (χ2v) is 15.7. The zero-order valence-electron chi connectivity index (χ0n) is 27.0. The molecule has 49 heavy (non-hydrogen) atoms. The third-order valence-corrected chi connectivity index (χ3v) is 12.9. The molecule has 1 saturated heterocycles. The second-order valence-electron chi connectivity index (χ2n) is 13.0. The van der Waals surface area contributed by atoms with Crippen LogP contribution in [-0.2, 0) is 30.2 Å². The molecule has 8 rings (SSSR count). The van der Waals surface area contributed by atoms with E-state index >= 15 is 0 Å². The lowest BCUT2D eigenvalue weighted by Crippen LogP contribution is -2.49. The molecule has 1 N–H and O–H groups in total. The van der Waals surface area contributed by atoms with E-state index in [4.69, 9.17) is 21.4 Å². The van der Waals surface area contributed by atoms with Gasteiger partial charge in [-0.1, -0.05) is 17.7 Å². The first kappa shape index (κ1) is 32.1.